The number of carbonyl (C=O) groups is 2. The maximum Gasteiger partial charge on any atom is 0.237 e. The van der Waals surface area contributed by atoms with Gasteiger partial charge in [-0.2, -0.15) is 0 Å². The first-order valence-electron chi connectivity index (χ1n) is 13.8. The third-order valence-electron chi connectivity index (χ3n) is 8.49. The average Bonchev–Trinajstić information content (AvgIpc) is 3.36. The largest absolute Gasteiger partial charge is 0.381 e. The van der Waals surface area contributed by atoms with Crippen molar-refractivity contribution in [2.45, 2.75) is 69.9 Å². The smallest absolute Gasteiger partial charge is 0.237 e. The van der Waals surface area contributed by atoms with Crippen molar-refractivity contribution in [1.82, 2.24) is 10.6 Å². The number of carbonyl (C=O) groups excluding carboxylic acids is 2. The third kappa shape index (κ3) is 5.24. The normalized spacial score (nSPS) is 26.7. The van der Waals surface area contributed by atoms with Crippen LogP contribution in [-0.4, -0.2) is 43.7 Å². The highest BCUT2D eigenvalue weighted by Crippen LogP contribution is 2.57. The van der Waals surface area contributed by atoms with Gasteiger partial charge in [0.25, 0.3) is 0 Å². The molecule has 2 aromatic carbocycles. The van der Waals surface area contributed by atoms with Gasteiger partial charge in [-0.3, -0.25) is 9.59 Å². The van der Waals surface area contributed by atoms with Gasteiger partial charge in [0.1, 0.15) is 17.0 Å². The molecule has 6 nitrogen and oxygen atoms in total. The van der Waals surface area contributed by atoms with Gasteiger partial charge < -0.3 is 20.7 Å². The van der Waals surface area contributed by atoms with Gasteiger partial charge in [0, 0.05) is 37.4 Å². The summed E-state index contributed by atoms with van der Waals surface area (Å²) in [5.74, 6) is -2.74. The summed E-state index contributed by atoms with van der Waals surface area (Å²) in [7, 11) is 0. The Morgan fingerprint density at radius 1 is 1.15 bits per heavy atom. The molecule has 3 N–H and O–H groups in total. The molecule has 0 radical (unpaired) electrons. The van der Waals surface area contributed by atoms with E-state index in [4.69, 9.17) is 27.9 Å². The van der Waals surface area contributed by atoms with Gasteiger partial charge in [-0.05, 0) is 66.3 Å². The Bertz CT molecular complexity index is 1310. The maximum absolute atomic E-state index is 15.8. The predicted molar refractivity (Wildman–Crippen MR) is 152 cm³/mol. The van der Waals surface area contributed by atoms with Crippen molar-refractivity contribution >= 4 is 40.7 Å². The average molecular weight is 595 g/mol. The molecule has 216 valence electrons. The lowest BCUT2D eigenvalue weighted by atomic mass is 9.62. The van der Waals surface area contributed by atoms with E-state index in [0.717, 1.165) is 19.3 Å². The molecule has 5 rings (SSSR count). The predicted octanol–water partition coefficient (Wildman–Crippen LogP) is 5.95. The fourth-order valence-corrected chi connectivity index (χ4v) is 7.05. The highest BCUT2D eigenvalue weighted by atomic mass is 35.5. The quantitative estimate of drug-likeness (QED) is 0.386. The molecule has 3 heterocycles. The molecule has 2 aromatic rings. The number of nitrogens with one attached hydrogen (secondary N) is 3. The molecule has 0 aromatic heterocycles. The number of halogens is 4. The molecule has 10 heteroatoms. The van der Waals surface area contributed by atoms with E-state index < -0.39 is 41.0 Å². The van der Waals surface area contributed by atoms with Crippen LogP contribution in [-0.2, 0) is 19.7 Å². The molecule has 2 saturated heterocycles. The van der Waals surface area contributed by atoms with Gasteiger partial charge in [0.2, 0.25) is 11.8 Å². The molecule has 0 bridgehead atoms. The van der Waals surface area contributed by atoms with E-state index in [1.165, 1.54) is 18.2 Å². The van der Waals surface area contributed by atoms with E-state index in [-0.39, 0.29) is 26.9 Å². The molecule has 3 aliphatic heterocycles. The van der Waals surface area contributed by atoms with Crippen LogP contribution in [0.2, 0.25) is 10.0 Å². The summed E-state index contributed by atoms with van der Waals surface area (Å²) >= 11 is 12.3. The lowest BCUT2D eigenvalue weighted by molar-refractivity contribution is -0.124. The minimum Gasteiger partial charge on any atom is -0.381 e. The van der Waals surface area contributed by atoms with E-state index >= 15 is 4.39 Å². The van der Waals surface area contributed by atoms with Crippen LogP contribution in [0.25, 0.3) is 0 Å². The van der Waals surface area contributed by atoms with Crippen molar-refractivity contribution in [1.29, 1.82) is 0 Å². The zero-order valence-electron chi connectivity index (χ0n) is 22.9. The van der Waals surface area contributed by atoms with Crippen LogP contribution in [0.5, 0.6) is 0 Å². The lowest BCUT2D eigenvalue weighted by Gasteiger charge is -2.37. The molecule has 2 amide bonds. The Labute approximate surface area is 243 Å². The lowest BCUT2D eigenvalue weighted by Crippen LogP contribution is -2.49. The van der Waals surface area contributed by atoms with Crippen LogP contribution in [0, 0.1) is 23.0 Å². The second-order valence-electron chi connectivity index (χ2n) is 12.4. The fraction of sp³-hybridized carbons (Fsp3) is 0.533. The Morgan fingerprint density at radius 2 is 1.88 bits per heavy atom. The molecule has 40 heavy (non-hydrogen) atoms. The highest BCUT2D eigenvalue weighted by Gasteiger charge is 2.66. The van der Waals surface area contributed by atoms with Gasteiger partial charge in [-0.25, -0.2) is 8.78 Å². The summed E-state index contributed by atoms with van der Waals surface area (Å²) in [5, 5.41) is 9.05. The zero-order chi connectivity index (χ0) is 28.8. The van der Waals surface area contributed by atoms with Crippen molar-refractivity contribution in [2.75, 3.05) is 25.1 Å². The second kappa shape index (κ2) is 11.2. The summed E-state index contributed by atoms with van der Waals surface area (Å²) in [4.78, 5) is 28.0. The van der Waals surface area contributed by atoms with Crippen molar-refractivity contribution in [3.63, 3.8) is 0 Å². The minimum absolute atomic E-state index is 0.119. The van der Waals surface area contributed by atoms with Gasteiger partial charge in [0.15, 0.2) is 0 Å². The molecule has 0 aliphatic carbocycles. The van der Waals surface area contributed by atoms with Crippen LogP contribution in [0.15, 0.2) is 30.3 Å². The van der Waals surface area contributed by atoms with E-state index in [2.05, 4.69) is 16.0 Å². The summed E-state index contributed by atoms with van der Waals surface area (Å²) in [6, 6.07) is 5.59. The SMILES string of the molecule is CC(C)(C)CC1N[C@@H](C(=O)NCCC2CCOCC2)[C@H](c2cccc(Cl)c2F)[C@@]12C(=O)Nc1cc(Cl)c(F)cc12. The Hall–Kier alpha value is -2.26. The van der Waals surface area contributed by atoms with Crippen molar-refractivity contribution in [3.05, 3.63) is 63.1 Å². The molecule has 4 atom stereocenters. The fourth-order valence-electron chi connectivity index (χ4n) is 6.71. The van der Waals surface area contributed by atoms with Crippen LogP contribution < -0.4 is 16.0 Å². The molecule has 2 fully saturated rings. The first-order chi connectivity index (χ1) is 18.9. The van der Waals surface area contributed by atoms with Crippen LogP contribution >= 0.6 is 23.2 Å². The van der Waals surface area contributed by atoms with Gasteiger partial charge in [0.05, 0.1) is 16.1 Å². The number of hydrogen-bond acceptors (Lipinski definition) is 4. The molecule has 1 unspecified atom stereocenters. The molecular formula is C30H35Cl2F2N3O3. The monoisotopic (exact) mass is 593 g/mol. The molecular weight excluding hydrogens is 559 g/mol. The van der Waals surface area contributed by atoms with E-state index in [1.807, 2.05) is 20.8 Å². The van der Waals surface area contributed by atoms with E-state index in [9.17, 15) is 14.0 Å². The number of hydrogen-bond donors (Lipinski definition) is 3. The minimum atomic E-state index is -1.50. The number of rotatable bonds is 6. The van der Waals surface area contributed by atoms with Gasteiger partial charge in [-0.15, -0.1) is 0 Å². The third-order valence-corrected chi connectivity index (χ3v) is 9.07. The molecule has 3 aliphatic rings. The summed E-state index contributed by atoms with van der Waals surface area (Å²) in [6.45, 7) is 7.94. The van der Waals surface area contributed by atoms with Crippen LogP contribution in [0.3, 0.4) is 0 Å². The number of ether oxygens (including phenoxy) is 1. The summed E-state index contributed by atoms with van der Waals surface area (Å²) in [6.07, 6.45) is 3.13. The highest BCUT2D eigenvalue weighted by molar-refractivity contribution is 6.31. The van der Waals surface area contributed by atoms with Crippen LogP contribution in [0.1, 0.15) is 63.5 Å². The van der Waals surface area contributed by atoms with Crippen molar-refractivity contribution in [3.8, 4) is 0 Å². The van der Waals surface area contributed by atoms with E-state index in [0.29, 0.717) is 43.3 Å². The van der Waals surface area contributed by atoms with Crippen molar-refractivity contribution in [2.24, 2.45) is 11.3 Å². The van der Waals surface area contributed by atoms with E-state index in [1.54, 1.807) is 12.1 Å². The van der Waals surface area contributed by atoms with Gasteiger partial charge >= 0.3 is 0 Å². The Balaban J connectivity index is 1.61. The first kappa shape index (κ1) is 29.2. The number of anilines is 1. The first-order valence-corrected chi connectivity index (χ1v) is 14.6. The Kier molecular flexibility index (Phi) is 8.18. The maximum atomic E-state index is 15.8. The summed E-state index contributed by atoms with van der Waals surface area (Å²) < 4.78 is 36.2. The standard InChI is InChI=1S/C30H35Cl2F2N3O3/c1-29(2,3)15-23-30(18-13-21(33)20(32)14-22(18)36-28(30)39)24(17-5-4-6-19(31)25(17)34)26(37-23)27(38)35-10-7-16-8-11-40-12-9-16/h4-6,13-14,16,23-24,26,37H,7-12,15H2,1-3H3,(H,35,38)(H,36,39)/t23?,24-,26+,30-/m0/s1. The topological polar surface area (TPSA) is 79.5 Å². The molecule has 0 saturated carbocycles. The second-order valence-corrected chi connectivity index (χ2v) is 13.2. The molecule has 1 spiro atoms. The van der Waals surface area contributed by atoms with Gasteiger partial charge in [-0.1, -0.05) is 56.1 Å². The number of benzene rings is 2. The number of fused-ring (bicyclic) bond motifs is 2. The number of amides is 2. The summed E-state index contributed by atoms with van der Waals surface area (Å²) in [5.41, 5.74) is -0.959. The van der Waals surface area contributed by atoms with Crippen LogP contribution in [0.4, 0.5) is 14.5 Å². The zero-order valence-corrected chi connectivity index (χ0v) is 24.4. The Morgan fingerprint density at radius 3 is 2.58 bits per heavy atom. The van der Waals surface area contributed by atoms with Crippen molar-refractivity contribution < 1.29 is 23.1 Å².